The van der Waals surface area contributed by atoms with Crippen molar-refractivity contribution < 1.29 is 0 Å². The molecule has 0 aromatic carbocycles. The number of hydrogen-bond acceptors (Lipinski definition) is 1. The molecule has 1 heteroatoms. The van der Waals surface area contributed by atoms with Crippen molar-refractivity contribution in [2.45, 2.75) is 34.1 Å². The molecule has 1 aliphatic heterocycles. The van der Waals surface area contributed by atoms with Crippen LogP contribution in [0, 0.1) is 0 Å². The zero-order valence-corrected chi connectivity index (χ0v) is 15.9. The Morgan fingerprint density at radius 3 is 2.13 bits per heavy atom. The van der Waals surface area contributed by atoms with Crippen LogP contribution in [0.15, 0.2) is 85.1 Å². The van der Waals surface area contributed by atoms with Crippen LogP contribution in [-0.2, 0) is 0 Å². The maximum absolute atomic E-state index is 4.13. The van der Waals surface area contributed by atoms with Crippen molar-refractivity contribution in [3.63, 3.8) is 0 Å². The molecular weight excluding hydrogens is 278 g/mol. The van der Waals surface area contributed by atoms with Crippen LogP contribution in [0.25, 0.3) is 0 Å². The van der Waals surface area contributed by atoms with Gasteiger partial charge in [-0.2, -0.15) is 0 Å². The molecule has 1 aliphatic rings. The summed E-state index contributed by atoms with van der Waals surface area (Å²) in [5, 5.41) is 0. The number of allylic oxidation sites excluding steroid dienone is 8. The molecule has 1 heterocycles. The first-order valence-corrected chi connectivity index (χ1v) is 8.48. The molecule has 0 saturated carbocycles. The average Bonchev–Trinajstić information content (AvgIpc) is 2.61. The maximum atomic E-state index is 4.13. The van der Waals surface area contributed by atoms with Crippen molar-refractivity contribution in [3.8, 4) is 0 Å². The molecular formula is C22H35N. The van der Waals surface area contributed by atoms with Gasteiger partial charge >= 0.3 is 0 Å². The maximum Gasteiger partial charge on any atom is 0.0166 e. The summed E-state index contributed by atoms with van der Waals surface area (Å²) in [4.78, 5) is 2.29. The van der Waals surface area contributed by atoms with Gasteiger partial charge in [0.2, 0.25) is 0 Å². The Balaban J connectivity index is 0. The first kappa shape index (κ1) is 23.4. The molecule has 0 aromatic heterocycles. The van der Waals surface area contributed by atoms with E-state index in [1.165, 1.54) is 5.57 Å². The highest BCUT2D eigenvalue weighted by molar-refractivity contribution is 5.49. The second-order valence-corrected chi connectivity index (χ2v) is 4.69. The fourth-order valence-electron chi connectivity index (χ4n) is 1.90. The summed E-state index contributed by atoms with van der Waals surface area (Å²) in [5.74, 6) is 0. The third kappa shape index (κ3) is 9.70. The van der Waals surface area contributed by atoms with Crippen molar-refractivity contribution in [1.29, 1.82) is 0 Å². The van der Waals surface area contributed by atoms with Crippen LogP contribution in [0.5, 0.6) is 0 Å². The van der Waals surface area contributed by atoms with Crippen molar-refractivity contribution in [2.24, 2.45) is 0 Å². The van der Waals surface area contributed by atoms with Crippen molar-refractivity contribution in [2.75, 3.05) is 20.1 Å². The fraction of sp³-hybridized carbons (Fsp3) is 0.364. The minimum absolute atomic E-state index is 0.921. The van der Waals surface area contributed by atoms with E-state index in [-0.39, 0.29) is 0 Å². The van der Waals surface area contributed by atoms with Gasteiger partial charge in [-0.25, -0.2) is 0 Å². The molecule has 0 spiro atoms. The van der Waals surface area contributed by atoms with Crippen LogP contribution in [0.1, 0.15) is 34.1 Å². The number of rotatable bonds is 6. The standard InChI is InChI=1S/C18H23N.2C2H6/c1-6-8-17(7-2)15(3)9-10-16(4)18-11-13-19(5)14-12-18;2*1-2/h6-11H,1-4,12-14H2,5H3;2*1-2H3/b10-9-,17-8+;;. The molecule has 0 fully saturated rings. The van der Waals surface area contributed by atoms with E-state index in [1.54, 1.807) is 12.2 Å². The van der Waals surface area contributed by atoms with Crippen LogP contribution < -0.4 is 0 Å². The zero-order valence-electron chi connectivity index (χ0n) is 15.9. The molecule has 0 amide bonds. The van der Waals surface area contributed by atoms with E-state index in [0.29, 0.717) is 0 Å². The van der Waals surface area contributed by atoms with Gasteiger partial charge in [0.15, 0.2) is 0 Å². The lowest BCUT2D eigenvalue weighted by molar-refractivity contribution is 0.361. The highest BCUT2D eigenvalue weighted by Crippen LogP contribution is 2.19. The van der Waals surface area contributed by atoms with Crippen molar-refractivity contribution in [3.05, 3.63) is 85.1 Å². The molecule has 0 N–H and O–H groups in total. The Labute approximate surface area is 144 Å². The van der Waals surface area contributed by atoms with Gasteiger partial charge in [0, 0.05) is 13.1 Å². The quantitative estimate of drug-likeness (QED) is 0.522. The lowest BCUT2D eigenvalue weighted by Crippen LogP contribution is -2.24. The van der Waals surface area contributed by atoms with Gasteiger partial charge in [-0.05, 0) is 35.8 Å². The fourth-order valence-corrected chi connectivity index (χ4v) is 1.90. The molecule has 0 atom stereocenters. The predicted octanol–water partition coefficient (Wildman–Crippen LogP) is 6.27. The van der Waals surface area contributed by atoms with Gasteiger partial charge in [0.05, 0.1) is 0 Å². The van der Waals surface area contributed by atoms with Crippen molar-refractivity contribution >= 4 is 0 Å². The molecule has 0 saturated heterocycles. The Hall–Kier alpha value is -1.86. The van der Waals surface area contributed by atoms with E-state index < -0.39 is 0 Å². The third-order valence-electron chi connectivity index (χ3n) is 3.20. The molecule has 0 unspecified atom stereocenters. The average molecular weight is 314 g/mol. The van der Waals surface area contributed by atoms with E-state index in [2.05, 4.69) is 44.3 Å². The van der Waals surface area contributed by atoms with Gasteiger partial charge in [-0.15, -0.1) is 0 Å². The number of nitrogens with zero attached hydrogens (tertiary/aromatic N) is 1. The summed E-state index contributed by atoms with van der Waals surface area (Å²) in [6.07, 6.45) is 12.7. The van der Waals surface area contributed by atoms with E-state index in [4.69, 9.17) is 0 Å². The monoisotopic (exact) mass is 313 g/mol. The second kappa shape index (κ2) is 15.1. The van der Waals surface area contributed by atoms with Gasteiger partial charge in [0.1, 0.15) is 0 Å². The van der Waals surface area contributed by atoms with E-state index in [0.717, 1.165) is 36.2 Å². The molecule has 1 nitrogen and oxygen atoms in total. The Bertz CT molecular complexity index is 472. The number of hydrogen-bond donors (Lipinski definition) is 0. The highest BCUT2D eigenvalue weighted by Gasteiger charge is 2.08. The van der Waals surface area contributed by atoms with E-state index in [1.807, 2.05) is 45.9 Å². The molecule has 0 aromatic rings. The van der Waals surface area contributed by atoms with Crippen LogP contribution in [0.4, 0.5) is 0 Å². The van der Waals surface area contributed by atoms with Crippen LogP contribution in [-0.4, -0.2) is 25.0 Å². The van der Waals surface area contributed by atoms with Gasteiger partial charge in [-0.1, -0.05) is 90.5 Å². The molecule has 1 rings (SSSR count). The van der Waals surface area contributed by atoms with E-state index >= 15 is 0 Å². The van der Waals surface area contributed by atoms with Crippen LogP contribution >= 0.6 is 0 Å². The highest BCUT2D eigenvalue weighted by atomic mass is 15.1. The zero-order chi connectivity index (χ0) is 18.3. The summed E-state index contributed by atoms with van der Waals surface area (Å²) >= 11 is 0. The smallest absolute Gasteiger partial charge is 0.0166 e. The Morgan fingerprint density at radius 2 is 1.70 bits per heavy atom. The Morgan fingerprint density at radius 1 is 1.09 bits per heavy atom. The molecule has 23 heavy (non-hydrogen) atoms. The summed E-state index contributed by atoms with van der Waals surface area (Å²) < 4.78 is 0. The van der Waals surface area contributed by atoms with Crippen LogP contribution in [0.2, 0.25) is 0 Å². The summed E-state index contributed by atoms with van der Waals surface area (Å²) in [6, 6.07) is 0. The summed E-state index contributed by atoms with van der Waals surface area (Å²) in [6.45, 7) is 25.7. The predicted molar refractivity (Wildman–Crippen MR) is 109 cm³/mol. The van der Waals surface area contributed by atoms with Crippen LogP contribution in [0.3, 0.4) is 0 Å². The molecule has 0 bridgehead atoms. The largest absolute Gasteiger partial charge is 0.302 e. The molecule has 128 valence electrons. The number of likely N-dealkylation sites (N-methyl/N-ethyl adjacent to an activating group) is 1. The van der Waals surface area contributed by atoms with Gasteiger partial charge < -0.3 is 4.90 Å². The Kier molecular flexibility index (Phi) is 15.3. The minimum atomic E-state index is 0.921. The molecule has 0 aliphatic carbocycles. The summed E-state index contributed by atoms with van der Waals surface area (Å²) in [7, 11) is 2.13. The van der Waals surface area contributed by atoms with Gasteiger partial charge in [-0.3, -0.25) is 0 Å². The van der Waals surface area contributed by atoms with Gasteiger partial charge in [0.25, 0.3) is 0 Å². The van der Waals surface area contributed by atoms with Crippen molar-refractivity contribution in [1.82, 2.24) is 4.90 Å². The summed E-state index contributed by atoms with van der Waals surface area (Å²) in [5.41, 5.74) is 4.30. The molecule has 0 radical (unpaired) electrons. The third-order valence-corrected chi connectivity index (χ3v) is 3.20. The minimum Gasteiger partial charge on any atom is -0.302 e. The first-order chi connectivity index (χ1) is 11.1. The topological polar surface area (TPSA) is 3.24 Å². The van der Waals surface area contributed by atoms with E-state index in [9.17, 15) is 0 Å². The SMILES string of the molecule is C=C/C=C(\C=C)C(=C)/C=C\C(=C)C1=CCN(C)CC1.CC.CC. The lowest BCUT2D eigenvalue weighted by atomic mass is 9.99. The second-order valence-electron chi connectivity index (χ2n) is 4.69. The first-order valence-electron chi connectivity index (χ1n) is 8.48. The normalized spacial score (nSPS) is 14.7. The lowest BCUT2D eigenvalue weighted by Gasteiger charge is -2.22.